The standard InChI is InChI=1S/C20H16N4O/c1-25-16-8-6-14(7-9-16)19-23-18-5-3-2-4-17(18)20(24-19)22-15-10-12-21-13-11-15/h2-13H,1H3,(H,21,22,23,24). The predicted molar refractivity (Wildman–Crippen MR) is 99.0 cm³/mol. The highest BCUT2D eigenvalue weighted by molar-refractivity contribution is 5.92. The smallest absolute Gasteiger partial charge is 0.162 e. The quantitative estimate of drug-likeness (QED) is 0.600. The lowest BCUT2D eigenvalue weighted by Crippen LogP contribution is -1.99. The van der Waals surface area contributed by atoms with E-state index in [1.165, 1.54) is 0 Å². The van der Waals surface area contributed by atoms with Crippen LogP contribution in [0.15, 0.2) is 73.1 Å². The van der Waals surface area contributed by atoms with Crippen LogP contribution in [0, 0.1) is 0 Å². The molecule has 0 aliphatic carbocycles. The number of ether oxygens (including phenoxy) is 1. The van der Waals surface area contributed by atoms with Crippen molar-refractivity contribution in [2.24, 2.45) is 0 Å². The third kappa shape index (κ3) is 3.12. The van der Waals surface area contributed by atoms with Crippen LogP contribution in [0.1, 0.15) is 0 Å². The molecule has 5 heteroatoms. The van der Waals surface area contributed by atoms with Crippen LogP contribution in [0.3, 0.4) is 0 Å². The van der Waals surface area contributed by atoms with E-state index in [0.29, 0.717) is 5.82 Å². The zero-order valence-corrected chi connectivity index (χ0v) is 13.7. The molecular weight excluding hydrogens is 312 g/mol. The second-order valence-electron chi connectivity index (χ2n) is 5.50. The van der Waals surface area contributed by atoms with Crippen molar-refractivity contribution in [1.82, 2.24) is 15.0 Å². The lowest BCUT2D eigenvalue weighted by atomic mass is 10.1. The Morgan fingerprint density at radius 2 is 1.60 bits per heavy atom. The molecule has 2 aromatic carbocycles. The van der Waals surface area contributed by atoms with Crippen molar-refractivity contribution in [2.75, 3.05) is 12.4 Å². The van der Waals surface area contributed by atoms with Gasteiger partial charge in [-0.1, -0.05) is 12.1 Å². The van der Waals surface area contributed by atoms with Crippen LogP contribution < -0.4 is 10.1 Å². The fourth-order valence-electron chi connectivity index (χ4n) is 2.61. The molecule has 4 aromatic rings. The Balaban J connectivity index is 1.82. The summed E-state index contributed by atoms with van der Waals surface area (Å²) in [7, 11) is 1.65. The van der Waals surface area contributed by atoms with Gasteiger partial charge >= 0.3 is 0 Å². The van der Waals surface area contributed by atoms with Gasteiger partial charge in [0, 0.05) is 29.0 Å². The zero-order chi connectivity index (χ0) is 17.1. The molecule has 0 aliphatic heterocycles. The first-order chi connectivity index (χ1) is 12.3. The fraction of sp³-hybridized carbons (Fsp3) is 0.0500. The van der Waals surface area contributed by atoms with Crippen LogP contribution >= 0.6 is 0 Å². The van der Waals surface area contributed by atoms with Crippen LogP contribution in [0.2, 0.25) is 0 Å². The number of benzene rings is 2. The topological polar surface area (TPSA) is 59.9 Å². The minimum absolute atomic E-state index is 0.665. The zero-order valence-electron chi connectivity index (χ0n) is 13.7. The van der Waals surface area contributed by atoms with Crippen molar-refractivity contribution < 1.29 is 4.74 Å². The van der Waals surface area contributed by atoms with E-state index in [1.54, 1.807) is 19.5 Å². The number of hydrogen-bond donors (Lipinski definition) is 1. The van der Waals surface area contributed by atoms with E-state index in [9.17, 15) is 0 Å². The van der Waals surface area contributed by atoms with Crippen molar-refractivity contribution >= 4 is 22.4 Å². The molecule has 4 rings (SSSR count). The second-order valence-corrected chi connectivity index (χ2v) is 5.50. The van der Waals surface area contributed by atoms with E-state index in [2.05, 4.69) is 10.3 Å². The number of anilines is 2. The highest BCUT2D eigenvalue weighted by Crippen LogP contribution is 2.27. The maximum Gasteiger partial charge on any atom is 0.162 e. The largest absolute Gasteiger partial charge is 0.497 e. The number of nitrogens with zero attached hydrogens (tertiary/aromatic N) is 3. The number of nitrogens with one attached hydrogen (secondary N) is 1. The van der Waals surface area contributed by atoms with Gasteiger partial charge in [0.1, 0.15) is 11.6 Å². The molecule has 5 nitrogen and oxygen atoms in total. The average Bonchev–Trinajstić information content (AvgIpc) is 2.69. The van der Waals surface area contributed by atoms with Crippen LogP contribution in [-0.4, -0.2) is 22.1 Å². The van der Waals surface area contributed by atoms with Crippen molar-refractivity contribution in [1.29, 1.82) is 0 Å². The van der Waals surface area contributed by atoms with Crippen molar-refractivity contribution in [3.05, 3.63) is 73.1 Å². The molecular formula is C20H16N4O. The molecule has 0 aliphatic rings. The van der Waals surface area contributed by atoms with Gasteiger partial charge in [0.15, 0.2) is 5.82 Å². The summed E-state index contributed by atoms with van der Waals surface area (Å²) in [6.07, 6.45) is 3.49. The van der Waals surface area contributed by atoms with Gasteiger partial charge in [0.2, 0.25) is 0 Å². The number of para-hydroxylation sites is 1. The Bertz CT molecular complexity index is 1000. The number of rotatable bonds is 4. The molecule has 0 atom stereocenters. The maximum absolute atomic E-state index is 5.22. The van der Waals surface area contributed by atoms with Gasteiger partial charge in [-0.2, -0.15) is 0 Å². The molecule has 0 fully saturated rings. The SMILES string of the molecule is COc1ccc(-c2nc(Nc3ccncc3)c3ccccc3n2)cc1. The molecule has 1 N–H and O–H groups in total. The van der Waals surface area contributed by atoms with E-state index in [-0.39, 0.29) is 0 Å². The molecule has 0 unspecified atom stereocenters. The van der Waals surface area contributed by atoms with E-state index >= 15 is 0 Å². The summed E-state index contributed by atoms with van der Waals surface area (Å²) in [6, 6.07) is 19.5. The summed E-state index contributed by atoms with van der Waals surface area (Å²) in [5.41, 5.74) is 2.75. The normalized spacial score (nSPS) is 10.6. The van der Waals surface area contributed by atoms with Gasteiger partial charge in [-0.25, -0.2) is 9.97 Å². The third-order valence-corrected chi connectivity index (χ3v) is 3.89. The Labute approximate surface area is 145 Å². The lowest BCUT2D eigenvalue weighted by molar-refractivity contribution is 0.415. The summed E-state index contributed by atoms with van der Waals surface area (Å²) < 4.78 is 5.22. The molecule has 0 saturated heterocycles. The first kappa shape index (κ1) is 15.1. The lowest BCUT2D eigenvalue weighted by Gasteiger charge is -2.11. The van der Waals surface area contributed by atoms with Crippen LogP contribution in [0.4, 0.5) is 11.5 Å². The molecule has 122 valence electrons. The number of hydrogen-bond acceptors (Lipinski definition) is 5. The van der Waals surface area contributed by atoms with Crippen molar-refractivity contribution in [3.8, 4) is 17.1 Å². The van der Waals surface area contributed by atoms with Gasteiger partial charge < -0.3 is 10.1 Å². The minimum atomic E-state index is 0.665. The summed E-state index contributed by atoms with van der Waals surface area (Å²) >= 11 is 0. The highest BCUT2D eigenvalue weighted by atomic mass is 16.5. The molecule has 0 spiro atoms. The molecule has 2 aromatic heterocycles. The molecule has 25 heavy (non-hydrogen) atoms. The Hall–Kier alpha value is -3.47. The Kier molecular flexibility index (Phi) is 3.96. The van der Waals surface area contributed by atoms with Gasteiger partial charge in [-0.05, 0) is 48.5 Å². The van der Waals surface area contributed by atoms with Crippen molar-refractivity contribution in [2.45, 2.75) is 0 Å². The monoisotopic (exact) mass is 328 g/mol. The predicted octanol–water partition coefficient (Wildman–Crippen LogP) is 4.44. The third-order valence-electron chi connectivity index (χ3n) is 3.89. The number of aromatic nitrogens is 3. The van der Waals surface area contributed by atoms with Gasteiger partial charge in [0.05, 0.1) is 12.6 Å². The van der Waals surface area contributed by atoms with Crippen LogP contribution in [0.5, 0.6) is 5.75 Å². The maximum atomic E-state index is 5.22. The van der Waals surface area contributed by atoms with Crippen LogP contribution in [0.25, 0.3) is 22.3 Å². The summed E-state index contributed by atoms with van der Waals surface area (Å²) in [5.74, 6) is 2.24. The molecule has 0 bridgehead atoms. The molecule has 0 amide bonds. The average molecular weight is 328 g/mol. The van der Waals surface area contributed by atoms with Crippen LogP contribution in [-0.2, 0) is 0 Å². The molecule has 0 saturated carbocycles. The first-order valence-corrected chi connectivity index (χ1v) is 7.92. The summed E-state index contributed by atoms with van der Waals surface area (Å²) in [5, 5.41) is 4.33. The number of methoxy groups -OCH3 is 1. The van der Waals surface area contributed by atoms with Gasteiger partial charge in [0.25, 0.3) is 0 Å². The molecule has 2 heterocycles. The number of fused-ring (bicyclic) bond motifs is 1. The molecule has 0 radical (unpaired) electrons. The van der Waals surface area contributed by atoms with E-state index in [1.807, 2.05) is 60.7 Å². The highest BCUT2D eigenvalue weighted by Gasteiger charge is 2.10. The number of pyridine rings is 1. The van der Waals surface area contributed by atoms with Gasteiger partial charge in [-0.3, -0.25) is 4.98 Å². The van der Waals surface area contributed by atoms with E-state index < -0.39 is 0 Å². The Morgan fingerprint density at radius 1 is 0.840 bits per heavy atom. The second kappa shape index (κ2) is 6.57. The van der Waals surface area contributed by atoms with E-state index in [0.717, 1.165) is 33.7 Å². The summed E-state index contributed by atoms with van der Waals surface area (Å²) in [6.45, 7) is 0. The Morgan fingerprint density at radius 3 is 2.36 bits per heavy atom. The fourth-order valence-corrected chi connectivity index (χ4v) is 2.61. The first-order valence-electron chi connectivity index (χ1n) is 7.92. The van der Waals surface area contributed by atoms with Crippen molar-refractivity contribution in [3.63, 3.8) is 0 Å². The minimum Gasteiger partial charge on any atom is -0.497 e. The van der Waals surface area contributed by atoms with Gasteiger partial charge in [-0.15, -0.1) is 0 Å². The summed E-state index contributed by atoms with van der Waals surface area (Å²) in [4.78, 5) is 13.5. The van der Waals surface area contributed by atoms with E-state index in [4.69, 9.17) is 14.7 Å².